The van der Waals surface area contributed by atoms with Gasteiger partial charge in [0.2, 0.25) is 15.9 Å². The number of sulfonamides is 1. The van der Waals surface area contributed by atoms with E-state index in [0.717, 1.165) is 25.5 Å². The maximum absolute atomic E-state index is 13.6. The fourth-order valence-corrected chi connectivity index (χ4v) is 3.89. The van der Waals surface area contributed by atoms with Gasteiger partial charge >= 0.3 is 0 Å². The number of hydrogen-bond acceptors (Lipinski definition) is 4. The van der Waals surface area contributed by atoms with Crippen LogP contribution in [0.3, 0.4) is 0 Å². The van der Waals surface area contributed by atoms with Gasteiger partial charge in [0.15, 0.2) is 0 Å². The molecule has 1 amide bonds. The molecule has 1 aromatic rings. The Kier molecular flexibility index (Phi) is 6.43. The van der Waals surface area contributed by atoms with Crippen LogP contribution in [-0.4, -0.2) is 50.4 Å². The van der Waals surface area contributed by atoms with E-state index in [1.54, 1.807) is 23.1 Å². The fraction of sp³-hybridized carbons (Fsp3) is 0.533. The van der Waals surface area contributed by atoms with Crippen LogP contribution in [0.2, 0.25) is 0 Å². The number of carbonyl (C=O) groups excluding carboxylic acids is 1. The van der Waals surface area contributed by atoms with Crippen LogP contribution in [0.25, 0.3) is 0 Å². The molecule has 1 atom stereocenters. The van der Waals surface area contributed by atoms with Crippen LogP contribution in [0.15, 0.2) is 29.2 Å². The average molecular weight is 360 g/mol. The highest BCUT2D eigenvalue weighted by atomic mass is 32.2. The van der Waals surface area contributed by atoms with Crippen molar-refractivity contribution in [2.75, 3.05) is 25.1 Å². The zero-order valence-corrected chi connectivity index (χ0v) is 14.6. The molecule has 1 aromatic carbocycles. The van der Waals surface area contributed by atoms with Crippen molar-refractivity contribution in [1.82, 2.24) is 9.62 Å². The van der Waals surface area contributed by atoms with Gasteiger partial charge in [-0.05, 0) is 31.4 Å². The van der Waals surface area contributed by atoms with E-state index in [0.29, 0.717) is 11.4 Å². The molecule has 0 bridgehead atoms. The zero-order valence-electron chi connectivity index (χ0n) is 13.0. The van der Waals surface area contributed by atoms with Gasteiger partial charge < -0.3 is 4.90 Å². The van der Waals surface area contributed by atoms with Crippen LogP contribution in [-0.2, 0) is 14.8 Å². The number of carbonyl (C=O) groups is 1. The first-order valence-corrected chi connectivity index (χ1v) is 10.4. The molecular formula is C15H21FN2O3S2. The number of hydrogen-bond donors (Lipinski definition) is 1. The highest BCUT2D eigenvalue weighted by molar-refractivity contribution is 8.00. The maximum Gasteiger partial charge on any atom is 0.233 e. The topological polar surface area (TPSA) is 66.5 Å². The van der Waals surface area contributed by atoms with Gasteiger partial charge in [0.05, 0.1) is 12.0 Å². The first-order valence-electron chi connectivity index (χ1n) is 7.48. The molecule has 1 heterocycles. The SMILES string of the molecule is CS(=O)(=O)NCC1CCCCN1C(=O)CSc1ccccc1F. The van der Waals surface area contributed by atoms with Crippen LogP contribution in [0.4, 0.5) is 4.39 Å². The highest BCUT2D eigenvalue weighted by Gasteiger charge is 2.27. The summed E-state index contributed by atoms with van der Waals surface area (Å²) in [6.07, 6.45) is 3.76. The Bertz CT molecular complexity index is 652. The number of benzene rings is 1. The summed E-state index contributed by atoms with van der Waals surface area (Å²) in [7, 11) is -3.28. The van der Waals surface area contributed by atoms with Crippen LogP contribution < -0.4 is 4.72 Å². The standard InChI is InChI=1S/C15H21FN2O3S2/c1-23(20,21)17-10-12-6-4-5-9-18(12)15(19)11-22-14-8-3-2-7-13(14)16/h2-3,7-8,12,17H,4-6,9-11H2,1H3. The van der Waals surface area contributed by atoms with Crippen molar-refractivity contribution in [2.24, 2.45) is 0 Å². The summed E-state index contributed by atoms with van der Waals surface area (Å²) in [6.45, 7) is 0.849. The largest absolute Gasteiger partial charge is 0.338 e. The molecule has 8 heteroatoms. The monoisotopic (exact) mass is 360 g/mol. The molecule has 0 radical (unpaired) electrons. The third kappa shape index (κ3) is 5.78. The Morgan fingerprint density at radius 1 is 1.39 bits per heavy atom. The summed E-state index contributed by atoms with van der Waals surface area (Å²) in [4.78, 5) is 14.6. The minimum Gasteiger partial charge on any atom is -0.338 e. The molecule has 1 aliphatic heterocycles. The van der Waals surface area contributed by atoms with E-state index in [4.69, 9.17) is 0 Å². The van der Waals surface area contributed by atoms with Gasteiger partial charge in [-0.2, -0.15) is 0 Å². The quantitative estimate of drug-likeness (QED) is 0.786. The average Bonchev–Trinajstić information content (AvgIpc) is 2.51. The van der Waals surface area contributed by atoms with E-state index in [1.807, 2.05) is 0 Å². The van der Waals surface area contributed by atoms with Crippen molar-refractivity contribution in [3.05, 3.63) is 30.1 Å². The van der Waals surface area contributed by atoms with Gasteiger partial charge in [-0.15, -0.1) is 11.8 Å². The minimum absolute atomic E-state index is 0.0849. The van der Waals surface area contributed by atoms with E-state index in [-0.39, 0.29) is 30.1 Å². The predicted molar refractivity (Wildman–Crippen MR) is 89.3 cm³/mol. The maximum atomic E-state index is 13.6. The second kappa shape index (κ2) is 8.12. The third-order valence-corrected chi connectivity index (χ3v) is 5.44. The molecule has 2 rings (SSSR count). The molecular weight excluding hydrogens is 339 g/mol. The number of likely N-dealkylation sites (tertiary alicyclic amines) is 1. The normalized spacial score (nSPS) is 18.9. The number of nitrogens with zero attached hydrogens (tertiary/aromatic N) is 1. The molecule has 23 heavy (non-hydrogen) atoms. The van der Waals surface area contributed by atoms with Crippen LogP contribution in [0.1, 0.15) is 19.3 Å². The lowest BCUT2D eigenvalue weighted by Crippen LogP contribution is -2.49. The van der Waals surface area contributed by atoms with Crippen molar-refractivity contribution >= 4 is 27.7 Å². The van der Waals surface area contributed by atoms with E-state index in [1.165, 1.54) is 17.8 Å². The molecule has 0 aliphatic carbocycles. The van der Waals surface area contributed by atoms with Crippen molar-refractivity contribution in [1.29, 1.82) is 0 Å². The lowest BCUT2D eigenvalue weighted by Gasteiger charge is -2.35. The van der Waals surface area contributed by atoms with Gasteiger partial charge in [0, 0.05) is 24.0 Å². The third-order valence-electron chi connectivity index (χ3n) is 3.72. The number of rotatable bonds is 6. The molecule has 0 saturated carbocycles. The molecule has 0 spiro atoms. The van der Waals surface area contributed by atoms with Crippen LogP contribution in [0.5, 0.6) is 0 Å². The van der Waals surface area contributed by atoms with E-state index in [2.05, 4.69) is 4.72 Å². The highest BCUT2D eigenvalue weighted by Crippen LogP contribution is 2.23. The molecule has 128 valence electrons. The Morgan fingerprint density at radius 3 is 2.83 bits per heavy atom. The Morgan fingerprint density at radius 2 is 2.13 bits per heavy atom. The second-order valence-corrected chi connectivity index (χ2v) is 8.43. The lowest BCUT2D eigenvalue weighted by molar-refractivity contribution is -0.131. The summed E-state index contributed by atoms with van der Waals surface area (Å²) in [5.74, 6) is -0.270. The van der Waals surface area contributed by atoms with Crippen molar-refractivity contribution < 1.29 is 17.6 Å². The van der Waals surface area contributed by atoms with Crippen molar-refractivity contribution in [3.63, 3.8) is 0 Å². The summed E-state index contributed by atoms with van der Waals surface area (Å²) < 4.78 is 38.5. The van der Waals surface area contributed by atoms with E-state index >= 15 is 0 Å². The molecule has 1 aliphatic rings. The van der Waals surface area contributed by atoms with E-state index in [9.17, 15) is 17.6 Å². The summed E-state index contributed by atoms with van der Waals surface area (Å²) in [5, 5.41) is 0. The number of nitrogens with one attached hydrogen (secondary N) is 1. The second-order valence-electron chi connectivity index (χ2n) is 5.58. The fourth-order valence-electron chi connectivity index (χ4n) is 2.57. The molecule has 1 fully saturated rings. The first-order chi connectivity index (χ1) is 10.9. The summed E-state index contributed by atoms with van der Waals surface area (Å²) in [6, 6.07) is 6.22. The minimum atomic E-state index is -3.28. The predicted octanol–water partition coefficient (Wildman–Crippen LogP) is 1.85. The van der Waals surface area contributed by atoms with Crippen LogP contribution in [0, 0.1) is 5.82 Å². The number of amides is 1. The Balaban J connectivity index is 1.94. The summed E-state index contributed by atoms with van der Waals surface area (Å²) >= 11 is 1.17. The number of halogens is 1. The molecule has 1 N–H and O–H groups in total. The molecule has 1 unspecified atom stereocenters. The lowest BCUT2D eigenvalue weighted by atomic mass is 10.0. The van der Waals surface area contributed by atoms with Gasteiger partial charge in [0.25, 0.3) is 0 Å². The van der Waals surface area contributed by atoms with Crippen LogP contribution >= 0.6 is 11.8 Å². The molecule has 0 aromatic heterocycles. The molecule has 5 nitrogen and oxygen atoms in total. The number of piperidine rings is 1. The first kappa shape index (κ1) is 18.2. The van der Waals surface area contributed by atoms with Gasteiger partial charge in [-0.3, -0.25) is 4.79 Å². The van der Waals surface area contributed by atoms with Gasteiger partial charge in [0.1, 0.15) is 5.82 Å². The van der Waals surface area contributed by atoms with Gasteiger partial charge in [-0.25, -0.2) is 17.5 Å². The Labute approximate surface area is 140 Å². The smallest absolute Gasteiger partial charge is 0.233 e. The van der Waals surface area contributed by atoms with E-state index < -0.39 is 10.0 Å². The summed E-state index contributed by atoms with van der Waals surface area (Å²) in [5.41, 5.74) is 0. The van der Waals surface area contributed by atoms with Crippen molar-refractivity contribution in [2.45, 2.75) is 30.2 Å². The Hall–Kier alpha value is -1.12. The number of thioether (sulfide) groups is 1. The van der Waals surface area contributed by atoms with Gasteiger partial charge in [-0.1, -0.05) is 12.1 Å². The zero-order chi connectivity index (χ0) is 16.9. The van der Waals surface area contributed by atoms with Crippen molar-refractivity contribution in [3.8, 4) is 0 Å². The molecule has 1 saturated heterocycles.